The highest BCUT2D eigenvalue weighted by Crippen LogP contribution is 2.18. The molecule has 2 aromatic carbocycles. The van der Waals surface area contributed by atoms with Crippen LogP contribution in [0.1, 0.15) is 6.92 Å². The molecule has 0 radical (unpaired) electrons. The summed E-state index contributed by atoms with van der Waals surface area (Å²) in [5.41, 5.74) is 0.588. The third kappa shape index (κ3) is 5.55. The number of ether oxygens (including phenoxy) is 3. The van der Waals surface area contributed by atoms with Crippen LogP contribution in [0.15, 0.2) is 48.5 Å². The molecule has 0 heterocycles. The van der Waals surface area contributed by atoms with E-state index in [1.807, 2.05) is 0 Å². The lowest BCUT2D eigenvalue weighted by molar-refractivity contribution is -0.122. The fourth-order valence-electron chi connectivity index (χ4n) is 1.95. The van der Waals surface area contributed by atoms with Gasteiger partial charge in [-0.15, -0.1) is 0 Å². The molecule has 0 aliphatic rings. The zero-order valence-electron chi connectivity index (χ0n) is 13.6. The first-order valence-corrected chi connectivity index (χ1v) is 7.53. The third-order valence-electron chi connectivity index (χ3n) is 3.14. The maximum absolute atomic E-state index is 13.1. The summed E-state index contributed by atoms with van der Waals surface area (Å²) in [5, 5.41) is 2.74. The molecule has 0 aliphatic heterocycles. The molecule has 1 atom stereocenters. The molecule has 24 heavy (non-hydrogen) atoms. The van der Waals surface area contributed by atoms with Crippen molar-refractivity contribution in [3.63, 3.8) is 0 Å². The minimum absolute atomic E-state index is 0.300. The molecule has 0 spiro atoms. The molecule has 1 amide bonds. The molecule has 0 saturated carbocycles. The van der Waals surface area contributed by atoms with Crippen LogP contribution < -0.4 is 14.8 Å². The molecular formula is C18H20FNO4. The Morgan fingerprint density at radius 2 is 1.88 bits per heavy atom. The highest BCUT2D eigenvalue weighted by atomic mass is 19.1. The van der Waals surface area contributed by atoms with E-state index in [1.54, 1.807) is 44.4 Å². The van der Waals surface area contributed by atoms with E-state index in [4.69, 9.17) is 14.2 Å². The van der Waals surface area contributed by atoms with Crippen molar-refractivity contribution in [2.24, 2.45) is 0 Å². The van der Waals surface area contributed by atoms with Crippen LogP contribution in [-0.2, 0) is 9.53 Å². The molecule has 1 unspecified atom stereocenters. The Morgan fingerprint density at radius 3 is 2.62 bits per heavy atom. The molecule has 0 aromatic heterocycles. The highest BCUT2D eigenvalue weighted by molar-refractivity contribution is 5.94. The summed E-state index contributed by atoms with van der Waals surface area (Å²) >= 11 is 0. The summed E-state index contributed by atoms with van der Waals surface area (Å²) < 4.78 is 29.0. The van der Waals surface area contributed by atoms with Crippen LogP contribution in [-0.4, -0.2) is 32.3 Å². The first kappa shape index (κ1) is 17.7. The molecule has 0 saturated heterocycles. The van der Waals surface area contributed by atoms with E-state index in [9.17, 15) is 9.18 Å². The number of carbonyl (C=O) groups excluding carboxylic acids is 1. The average molecular weight is 333 g/mol. The van der Waals surface area contributed by atoms with Gasteiger partial charge in [-0.25, -0.2) is 4.39 Å². The summed E-state index contributed by atoms with van der Waals surface area (Å²) in [6, 6.07) is 12.7. The van der Waals surface area contributed by atoms with Crippen LogP contribution in [0, 0.1) is 5.82 Å². The summed E-state index contributed by atoms with van der Waals surface area (Å²) in [5.74, 6) is 0.173. The number of amides is 1. The largest absolute Gasteiger partial charge is 0.491 e. The molecule has 0 aliphatic carbocycles. The fourth-order valence-corrected chi connectivity index (χ4v) is 1.95. The van der Waals surface area contributed by atoms with Gasteiger partial charge < -0.3 is 19.5 Å². The van der Waals surface area contributed by atoms with Crippen molar-refractivity contribution in [3.05, 3.63) is 54.3 Å². The van der Waals surface area contributed by atoms with Gasteiger partial charge in [0.1, 0.15) is 23.9 Å². The maximum atomic E-state index is 13.1. The van der Waals surface area contributed by atoms with Gasteiger partial charge in [-0.2, -0.15) is 0 Å². The third-order valence-corrected chi connectivity index (χ3v) is 3.14. The van der Waals surface area contributed by atoms with Crippen LogP contribution in [0.3, 0.4) is 0 Å². The normalized spacial score (nSPS) is 11.6. The zero-order valence-corrected chi connectivity index (χ0v) is 13.6. The number of nitrogens with one attached hydrogen (secondary N) is 1. The van der Waals surface area contributed by atoms with E-state index >= 15 is 0 Å². The molecular weight excluding hydrogens is 313 g/mol. The van der Waals surface area contributed by atoms with Gasteiger partial charge in [0.25, 0.3) is 5.91 Å². The van der Waals surface area contributed by atoms with Gasteiger partial charge in [-0.1, -0.05) is 12.1 Å². The lowest BCUT2D eigenvalue weighted by Gasteiger charge is -2.15. The van der Waals surface area contributed by atoms with Crippen molar-refractivity contribution < 1.29 is 23.4 Å². The van der Waals surface area contributed by atoms with E-state index in [1.165, 1.54) is 18.2 Å². The second-order valence-electron chi connectivity index (χ2n) is 5.08. The molecule has 0 bridgehead atoms. The molecule has 0 fully saturated rings. The Morgan fingerprint density at radius 1 is 1.12 bits per heavy atom. The lowest BCUT2D eigenvalue weighted by Crippen LogP contribution is -2.30. The van der Waals surface area contributed by atoms with Crippen molar-refractivity contribution >= 4 is 11.6 Å². The topological polar surface area (TPSA) is 56.8 Å². The van der Waals surface area contributed by atoms with Gasteiger partial charge >= 0.3 is 0 Å². The quantitative estimate of drug-likeness (QED) is 0.754. The Kier molecular flexibility index (Phi) is 6.57. The Balaban J connectivity index is 1.92. The number of hydrogen-bond acceptors (Lipinski definition) is 4. The molecule has 1 N–H and O–H groups in total. The average Bonchev–Trinajstić information content (AvgIpc) is 2.55. The summed E-state index contributed by atoms with van der Waals surface area (Å²) in [6.45, 7) is 2.50. The predicted octanol–water partition coefficient (Wildman–Crippen LogP) is 3.26. The summed E-state index contributed by atoms with van der Waals surface area (Å²) in [6.07, 6.45) is -0.773. The van der Waals surface area contributed by atoms with Gasteiger partial charge in [0.15, 0.2) is 6.10 Å². The van der Waals surface area contributed by atoms with Crippen LogP contribution in [0.4, 0.5) is 10.1 Å². The first-order valence-electron chi connectivity index (χ1n) is 7.53. The second-order valence-corrected chi connectivity index (χ2v) is 5.08. The summed E-state index contributed by atoms with van der Waals surface area (Å²) in [7, 11) is 1.60. The number of rotatable bonds is 8. The molecule has 5 nitrogen and oxygen atoms in total. The monoisotopic (exact) mass is 333 g/mol. The lowest BCUT2D eigenvalue weighted by atomic mass is 10.2. The van der Waals surface area contributed by atoms with Gasteiger partial charge in [0.2, 0.25) is 0 Å². The smallest absolute Gasteiger partial charge is 0.265 e. The number of methoxy groups -OCH3 is 1. The van der Waals surface area contributed by atoms with Crippen LogP contribution in [0.5, 0.6) is 11.5 Å². The van der Waals surface area contributed by atoms with E-state index in [2.05, 4.69) is 5.32 Å². The number of benzene rings is 2. The SMILES string of the molecule is COCCOc1cccc(NC(=O)C(C)Oc2cccc(F)c2)c1. The standard InChI is InChI=1S/C18H20FNO4/c1-13(24-17-8-3-5-14(19)11-17)18(21)20-15-6-4-7-16(12-15)23-10-9-22-2/h3-8,11-13H,9-10H2,1-2H3,(H,20,21). The summed E-state index contributed by atoms with van der Waals surface area (Å²) in [4.78, 5) is 12.2. The zero-order chi connectivity index (χ0) is 17.4. The van der Waals surface area contributed by atoms with Crippen molar-refractivity contribution in [1.29, 1.82) is 0 Å². The molecule has 2 rings (SSSR count). The van der Waals surface area contributed by atoms with Gasteiger partial charge in [0.05, 0.1) is 6.61 Å². The van der Waals surface area contributed by atoms with Crippen LogP contribution in [0.25, 0.3) is 0 Å². The van der Waals surface area contributed by atoms with Gasteiger partial charge in [-0.3, -0.25) is 4.79 Å². The maximum Gasteiger partial charge on any atom is 0.265 e. The van der Waals surface area contributed by atoms with Crippen molar-refractivity contribution in [1.82, 2.24) is 0 Å². The van der Waals surface area contributed by atoms with Crippen molar-refractivity contribution in [2.75, 3.05) is 25.6 Å². The Labute approximate surface area is 140 Å². The van der Waals surface area contributed by atoms with E-state index < -0.39 is 11.9 Å². The number of hydrogen-bond donors (Lipinski definition) is 1. The number of carbonyl (C=O) groups is 1. The van der Waals surface area contributed by atoms with E-state index in [0.29, 0.717) is 30.4 Å². The van der Waals surface area contributed by atoms with E-state index in [0.717, 1.165) is 0 Å². The van der Waals surface area contributed by atoms with Gasteiger partial charge in [0, 0.05) is 24.9 Å². The van der Waals surface area contributed by atoms with Crippen LogP contribution >= 0.6 is 0 Å². The van der Waals surface area contributed by atoms with E-state index in [-0.39, 0.29) is 5.91 Å². The molecule has 6 heteroatoms. The minimum atomic E-state index is -0.773. The minimum Gasteiger partial charge on any atom is -0.491 e. The number of halogens is 1. The molecule has 2 aromatic rings. The first-order chi connectivity index (χ1) is 11.6. The Hall–Kier alpha value is -2.60. The van der Waals surface area contributed by atoms with Crippen molar-refractivity contribution in [3.8, 4) is 11.5 Å². The Bertz CT molecular complexity index is 678. The van der Waals surface area contributed by atoms with Crippen LogP contribution in [0.2, 0.25) is 0 Å². The second kappa shape index (κ2) is 8.88. The molecule has 128 valence electrons. The number of anilines is 1. The van der Waals surface area contributed by atoms with Crippen molar-refractivity contribution in [2.45, 2.75) is 13.0 Å². The van der Waals surface area contributed by atoms with Gasteiger partial charge in [-0.05, 0) is 31.2 Å². The fraction of sp³-hybridized carbons (Fsp3) is 0.278. The highest BCUT2D eigenvalue weighted by Gasteiger charge is 2.15. The predicted molar refractivity (Wildman–Crippen MR) is 88.9 cm³/mol.